The van der Waals surface area contributed by atoms with E-state index in [0.29, 0.717) is 26.2 Å². The number of thioether (sulfide) groups is 1. The van der Waals surface area contributed by atoms with Crippen LogP contribution >= 0.6 is 34.7 Å². The molecule has 1 aliphatic rings. The van der Waals surface area contributed by atoms with E-state index in [1.807, 2.05) is 5.38 Å². The van der Waals surface area contributed by atoms with Crippen molar-refractivity contribution >= 4 is 40.6 Å². The molecule has 1 aromatic carbocycles. The van der Waals surface area contributed by atoms with Crippen molar-refractivity contribution in [1.29, 1.82) is 0 Å². The lowest BCUT2D eigenvalue weighted by molar-refractivity contribution is -0.186. The molecule has 0 aliphatic carbocycles. The Hall–Kier alpha value is -2.06. The van der Waals surface area contributed by atoms with Crippen LogP contribution < -0.4 is 5.32 Å². The number of halogens is 1. The zero-order valence-electron chi connectivity index (χ0n) is 17.7. The first kappa shape index (κ1) is 24.1. The minimum Gasteiger partial charge on any atom is -0.394 e. The Balaban J connectivity index is 1.68. The van der Waals surface area contributed by atoms with E-state index in [1.54, 1.807) is 37.6 Å². The second-order valence-electron chi connectivity index (χ2n) is 7.17. The van der Waals surface area contributed by atoms with Gasteiger partial charge in [0.2, 0.25) is 0 Å². The summed E-state index contributed by atoms with van der Waals surface area (Å²) in [6.45, 7) is -0.420. The number of carbonyl (C=O) groups is 1. The van der Waals surface area contributed by atoms with Gasteiger partial charge < -0.3 is 25.0 Å². The number of methoxy groups -OCH3 is 1. The Bertz CT molecular complexity index is 1100. The van der Waals surface area contributed by atoms with E-state index in [-0.39, 0.29) is 5.91 Å². The summed E-state index contributed by atoms with van der Waals surface area (Å²) in [5.74, 6) is -0.279. The van der Waals surface area contributed by atoms with Crippen LogP contribution in [0.2, 0.25) is 5.02 Å². The SMILES string of the molecule is CNC(=O)c1ccc(Cl)cc1S[C@H]1OC(CO)[C@H](O)C(n2cc(-c3nccs3)nn2)C1OC. The predicted molar refractivity (Wildman–Crippen MR) is 123 cm³/mol. The summed E-state index contributed by atoms with van der Waals surface area (Å²) >= 11 is 8.82. The number of aromatic nitrogens is 4. The number of aliphatic hydroxyl groups is 2. The van der Waals surface area contributed by atoms with Crippen LogP contribution in [0.5, 0.6) is 0 Å². The van der Waals surface area contributed by atoms with Crippen LogP contribution in [0.3, 0.4) is 0 Å². The summed E-state index contributed by atoms with van der Waals surface area (Å²) in [4.78, 5) is 17.2. The van der Waals surface area contributed by atoms with Crippen LogP contribution in [0.4, 0.5) is 0 Å². The minimum atomic E-state index is -1.12. The number of nitrogens with zero attached hydrogens (tertiary/aromatic N) is 4. The summed E-state index contributed by atoms with van der Waals surface area (Å²) in [6, 6.07) is 4.20. The lowest BCUT2D eigenvalue weighted by Gasteiger charge is -2.43. The Morgan fingerprint density at radius 3 is 2.94 bits per heavy atom. The molecule has 5 atom stereocenters. The lowest BCUT2D eigenvalue weighted by Crippen LogP contribution is -2.55. The van der Waals surface area contributed by atoms with Gasteiger partial charge in [-0.05, 0) is 18.2 Å². The number of ether oxygens (including phenoxy) is 2. The molecule has 2 aromatic heterocycles. The Morgan fingerprint density at radius 2 is 2.27 bits per heavy atom. The molecule has 0 bridgehead atoms. The molecule has 1 aliphatic heterocycles. The first-order chi connectivity index (χ1) is 16.0. The number of carbonyl (C=O) groups excluding carboxylic acids is 1. The third-order valence-electron chi connectivity index (χ3n) is 5.22. The van der Waals surface area contributed by atoms with Gasteiger partial charge in [0.25, 0.3) is 5.91 Å². The standard InChI is InChI=1S/C20H22ClN5O5S2/c1-22-18(29)11-4-3-10(21)7-14(11)33-20-17(30-2)15(16(28)13(9-27)31-20)26-8-12(24-25-26)19-23-5-6-32-19/h3-8,13,15-17,20,27-28H,9H2,1-2H3,(H,22,29)/t13?,15?,16-,17?,20+/m0/s1. The molecular weight excluding hydrogens is 490 g/mol. The highest BCUT2D eigenvalue weighted by Gasteiger charge is 2.47. The zero-order valence-corrected chi connectivity index (χ0v) is 20.0. The smallest absolute Gasteiger partial charge is 0.252 e. The highest BCUT2D eigenvalue weighted by Crippen LogP contribution is 2.41. The molecule has 3 heterocycles. The summed E-state index contributed by atoms with van der Waals surface area (Å²) in [5.41, 5.74) is 0.273. The summed E-state index contributed by atoms with van der Waals surface area (Å²) < 4.78 is 13.2. The van der Waals surface area contributed by atoms with Crippen LogP contribution in [-0.2, 0) is 9.47 Å². The molecule has 1 saturated heterocycles. The van der Waals surface area contributed by atoms with Gasteiger partial charge in [-0.25, -0.2) is 9.67 Å². The molecular formula is C20H22ClN5O5S2. The number of benzene rings is 1. The van der Waals surface area contributed by atoms with E-state index in [9.17, 15) is 15.0 Å². The van der Waals surface area contributed by atoms with Crippen molar-refractivity contribution in [2.24, 2.45) is 0 Å². The fourth-order valence-electron chi connectivity index (χ4n) is 3.62. The predicted octanol–water partition coefficient (Wildman–Crippen LogP) is 1.84. The lowest BCUT2D eigenvalue weighted by atomic mass is 9.97. The van der Waals surface area contributed by atoms with E-state index < -0.39 is 36.4 Å². The third-order valence-corrected chi connectivity index (χ3v) is 7.46. The van der Waals surface area contributed by atoms with Crippen LogP contribution in [0, 0.1) is 0 Å². The maximum atomic E-state index is 12.4. The number of rotatable bonds is 7. The van der Waals surface area contributed by atoms with Crippen molar-refractivity contribution < 1.29 is 24.5 Å². The average Bonchev–Trinajstić information content (AvgIpc) is 3.51. The Labute approximate surface area is 202 Å². The number of aliphatic hydroxyl groups excluding tert-OH is 2. The maximum Gasteiger partial charge on any atom is 0.252 e. The molecule has 13 heteroatoms. The van der Waals surface area contributed by atoms with Crippen molar-refractivity contribution in [3.8, 4) is 10.7 Å². The van der Waals surface area contributed by atoms with Crippen LogP contribution in [0.25, 0.3) is 10.7 Å². The molecule has 1 amide bonds. The Kier molecular flexibility index (Phi) is 7.64. The van der Waals surface area contributed by atoms with E-state index in [0.717, 1.165) is 0 Å². The van der Waals surface area contributed by atoms with Gasteiger partial charge in [0.1, 0.15) is 40.5 Å². The second-order valence-corrected chi connectivity index (χ2v) is 9.64. The van der Waals surface area contributed by atoms with Gasteiger partial charge in [-0.1, -0.05) is 28.6 Å². The first-order valence-electron chi connectivity index (χ1n) is 9.94. The first-order valence-corrected chi connectivity index (χ1v) is 12.1. The summed E-state index contributed by atoms with van der Waals surface area (Å²) in [6.07, 6.45) is 0.615. The number of hydrogen-bond acceptors (Lipinski definition) is 10. The number of amides is 1. The van der Waals surface area contributed by atoms with Gasteiger partial charge in [-0.15, -0.1) is 16.4 Å². The molecule has 10 nitrogen and oxygen atoms in total. The molecule has 33 heavy (non-hydrogen) atoms. The van der Waals surface area contributed by atoms with Crippen molar-refractivity contribution in [2.75, 3.05) is 20.8 Å². The van der Waals surface area contributed by atoms with Crippen molar-refractivity contribution in [2.45, 2.75) is 34.7 Å². The molecule has 4 rings (SSSR count). The van der Waals surface area contributed by atoms with Crippen molar-refractivity contribution in [3.05, 3.63) is 46.6 Å². The molecule has 176 valence electrons. The summed E-state index contributed by atoms with van der Waals surface area (Å²) in [7, 11) is 3.04. The van der Waals surface area contributed by atoms with Gasteiger partial charge in [0.15, 0.2) is 0 Å². The Morgan fingerprint density at radius 1 is 1.45 bits per heavy atom. The van der Waals surface area contributed by atoms with Gasteiger partial charge in [-0.3, -0.25) is 4.79 Å². The van der Waals surface area contributed by atoms with Crippen LogP contribution in [0.1, 0.15) is 16.4 Å². The monoisotopic (exact) mass is 511 g/mol. The normalized spacial score (nSPS) is 25.2. The fourth-order valence-corrected chi connectivity index (χ4v) is 5.78. The molecule has 0 spiro atoms. The largest absolute Gasteiger partial charge is 0.394 e. The van der Waals surface area contributed by atoms with E-state index in [4.69, 9.17) is 21.1 Å². The third kappa shape index (κ3) is 4.92. The molecule has 3 N–H and O–H groups in total. The van der Waals surface area contributed by atoms with Gasteiger partial charge in [0.05, 0.1) is 18.4 Å². The molecule has 1 fully saturated rings. The van der Waals surface area contributed by atoms with Crippen LogP contribution in [-0.4, -0.2) is 80.6 Å². The topological polar surface area (TPSA) is 132 Å². The van der Waals surface area contributed by atoms with Gasteiger partial charge in [0, 0.05) is 35.7 Å². The molecule has 0 radical (unpaired) electrons. The zero-order chi connectivity index (χ0) is 23.5. The minimum absolute atomic E-state index is 0.279. The summed E-state index contributed by atoms with van der Waals surface area (Å²) in [5, 5.41) is 34.8. The fraction of sp³-hybridized carbons (Fsp3) is 0.400. The van der Waals surface area contributed by atoms with E-state index >= 15 is 0 Å². The van der Waals surface area contributed by atoms with E-state index in [1.165, 1.54) is 34.9 Å². The quantitative estimate of drug-likeness (QED) is 0.434. The van der Waals surface area contributed by atoms with Crippen molar-refractivity contribution in [3.63, 3.8) is 0 Å². The maximum absolute atomic E-state index is 12.4. The van der Waals surface area contributed by atoms with Crippen molar-refractivity contribution in [1.82, 2.24) is 25.3 Å². The van der Waals surface area contributed by atoms with E-state index in [2.05, 4.69) is 20.6 Å². The molecule has 3 unspecified atom stereocenters. The van der Waals surface area contributed by atoms with Crippen LogP contribution in [0.15, 0.2) is 40.9 Å². The molecule has 3 aromatic rings. The highest BCUT2D eigenvalue weighted by molar-refractivity contribution is 8.00. The number of nitrogens with one attached hydrogen (secondary N) is 1. The number of hydrogen-bond donors (Lipinski definition) is 3. The number of thiazole rings is 1. The van der Waals surface area contributed by atoms with Gasteiger partial charge >= 0.3 is 0 Å². The van der Waals surface area contributed by atoms with Gasteiger partial charge in [-0.2, -0.15) is 0 Å². The second kappa shape index (κ2) is 10.5. The average molecular weight is 512 g/mol. The highest BCUT2D eigenvalue weighted by atomic mass is 35.5. The molecule has 0 saturated carbocycles.